The van der Waals surface area contributed by atoms with E-state index in [0.717, 1.165) is 19.8 Å². The van der Waals surface area contributed by atoms with Gasteiger partial charge in [0.05, 0.1) is 5.52 Å². The van der Waals surface area contributed by atoms with Gasteiger partial charge in [0.25, 0.3) is 0 Å². The summed E-state index contributed by atoms with van der Waals surface area (Å²) in [7, 11) is 0. The average Bonchev–Trinajstić information content (AvgIpc) is 2.33. The van der Waals surface area contributed by atoms with Gasteiger partial charge in [-0.25, -0.2) is 0 Å². The van der Waals surface area contributed by atoms with Crippen molar-refractivity contribution in [2.24, 2.45) is 0 Å². The lowest BCUT2D eigenvalue weighted by Crippen LogP contribution is -1.71. The predicted octanol–water partition coefficient (Wildman–Crippen LogP) is 3.40. The molecule has 0 saturated carbocycles. The molecule has 1 aromatic heterocycles. The molecule has 1 aromatic carbocycles. The molecule has 0 radical (unpaired) electrons. The Kier molecular flexibility index (Phi) is 1.88. The predicted molar refractivity (Wildman–Crippen MR) is 55.4 cm³/mol. The zero-order chi connectivity index (χ0) is 8.72. The fourth-order valence-electron chi connectivity index (χ4n) is 1.14. The van der Waals surface area contributed by atoms with Gasteiger partial charge in [0.1, 0.15) is 5.75 Å². The van der Waals surface area contributed by atoms with Crippen LogP contribution in [0.2, 0.25) is 0 Å². The highest BCUT2D eigenvalue weighted by atomic mass is 79.9. The minimum absolute atomic E-state index is 0.270. The number of benzene rings is 1. The number of nitrogens with one attached hydrogen (secondary N) is 1. The van der Waals surface area contributed by atoms with Crippen molar-refractivity contribution in [1.29, 1.82) is 0 Å². The van der Waals surface area contributed by atoms with E-state index in [4.69, 9.17) is 0 Å². The first-order valence-corrected chi connectivity index (χ1v) is 4.92. The maximum Gasteiger partial charge on any atom is 0.140 e. The number of fused-ring (bicyclic) bond motifs is 1. The topological polar surface area (TPSA) is 36.0 Å². The lowest BCUT2D eigenvalue weighted by molar-refractivity contribution is 0.481. The van der Waals surface area contributed by atoms with E-state index in [1.807, 2.05) is 12.1 Å². The van der Waals surface area contributed by atoms with E-state index >= 15 is 0 Å². The van der Waals surface area contributed by atoms with E-state index in [2.05, 4.69) is 36.8 Å². The first kappa shape index (κ1) is 8.13. The summed E-state index contributed by atoms with van der Waals surface area (Å²) >= 11 is 6.74. The van der Waals surface area contributed by atoms with Crippen LogP contribution in [0.3, 0.4) is 0 Å². The molecule has 2 aromatic rings. The molecule has 0 bridgehead atoms. The Hall–Kier alpha value is -0.480. The number of aromatic amines is 1. The summed E-state index contributed by atoms with van der Waals surface area (Å²) in [5.41, 5.74) is 0.913. The molecular formula is C8H5Br2NO. The van der Waals surface area contributed by atoms with Gasteiger partial charge in [-0.2, -0.15) is 0 Å². The number of hydrogen-bond donors (Lipinski definition) is 2. The Morgan fingerprint density at radius 1 is 1.25 bits per heavy atom. The number of aromatic hydroxyl groups is 1. The normalized spacial score (nSPS) is 10.8. The Balaban J connectivity index is 2.92. The summed E-state index contributed by atoms with van der Waals surface area (Å²) in [6.07, 6.45) is 1.57. The van der Waals surface area contributed by atoms with Gasteiger partial charge < -0.3 is 10.1 Å². The van der Waals surface area contributed by atoms with Gasteiger partial charge >= 0.3 is 0 Å². The summed E-state index contributed by atoms with van der Waals surface area (Å²) in [4.78, 5) is 2.97. The third kappa shape index (κ3) is 1.15. The quantitative estimate of drug-likeness (QED) is 0.766. The molecule has 0 atom stereocenters. The van der Waals surface area contributed by atoms with Crippen molar-refractivity contribution in [1.82, 2.24) is 4.98 Å². The largest absolute Gasteiger partial charge is 0.506 e. The Bertz CT molecular complexity index is 436. The van der Waals surface area contributed by atoms with Crippen LogP contribution in [0.1, 0.15) is 0 Å². The summed E-state index contributed by atoms with van der Waals surface area (Å²) in [5.74, 6) is 0.270. The summed E-state index contributed by atoms with van der Waals surface area (Å²) in [5, 5.41) is 10.2. The fourth-order valence-corrected chi connectivity index (χ4v) is 2.48. The first-order chi connectivity index (χ1) is 5.68. The molecule has 0 saturated heterocycles. The van der Waals surface area contributed by atoms with Crippen molar-refractivity contribution in [3.8, 4) is 5.75 Å². The van der Waals surface area contributed by atoms with Gasteiger partial charge in [-0.05, 0) is 28.1 Å². The Morgan fingerprint density at radius 2 is 2.00 bits per heavy atom. The molecule has 0 amide bonds. The van der Waals surface area contributed by atoms with E-state index in [-0.39, 0.29) is 5.75 Å². The SMILES string of the molecule is Oc1c[nH]c2c(Br)cc(Br)cc12. The maximum absolute atomic E-state index is 9.39. The average molecular weight is 291 g/mol. The molecule has 0 aliphatic carbocycles. The lowest BCUT2D eigenvalue weighted by Gasteiger charge is -1.95. The van der Waals surface area contributed by atoms with E-state index < -0.39 is 0 Å². The van der Waals surface area contributed by atoms with E-state index in [0.29, 0.717) is 0 Å². The van der Waals surface area contributed by atoms with Crippen LogP contribution in [0, 0.1) is 0 Å². The molecule has 1 heterocycles. The lowest BCUT2D eigenvalue weighted by atomic mass is 10.2. The van der Waals surface area contributed by atoms with Gasteiger partial charge in [0.2, 0.25) is 0 Å². The van der Waals surface area contributed by atoms with Gasteiger partial charge in [-0.15, -0.1) is 0 Å². The highest BCUT2D eigenvalue weighted by Crippen LogP contribution is 2.32. The number of H-pyrrole nitrogens is 1. The number of hydrogen-bond acceptors (Lipinski definition) is 1. The number of aromatic nitrogens is 1. The van der Waals surface area contributed by atoms with Crippen molar-refractivity contribution in [3.05, 3.63) is 27.3 Å². The second-order valence-corrected chi connectivity index (χ2v) is 4.25. The van der Waals surface area contributed by atoms with Crippen LogP contribution >= 0.6 is 31.9 Å². The van der Waals surface area contributed by atoms with Crippen LogP contribution in [-0.2, 0) is 0 Å². The van der Waals surface area contributed by atoms with E-state index in [9.17, 15) is 5.11 Å². The van der Waals surface area contributed by atoms with Gasteiger partial charge in [-0.1, -0.05) is 15.9 Å². The molecule has 62 valence electrons. The van der Waals surface area contributed by atoms with Crippen molar-refractivity contribution in [2.75, 3.05) is 0 Å². The van der Waals surface area contributed by atoms with Crippen LogP contribution < -0.4 is 0 Å². The zero-order valence-corrected chi connectivity index (χ0v) is 9.11. The second kappa shape index (κ2) is 2.78. The van der Waals surface area contributed by atoms with Crippen molar-refractivity contribution in [2.45, 2.75) is 0 Å². The van der Waals surface area contributed by atoms with Gasteiger partial charge in [0, 0.05) is 20.5 Å². The van der Waals surface area contributed by atoms with Crippen molar-refractivity contribution in [3.63, 3.8) is 0 Å². The highest BCUT2D eigenvalue weighted by Gasteiger charge is 2.05. The molecule has 0 fully saturated rings. The molecule has 2 N–H and O–H groups in total. The summed E-state index contributed by atoms with van der Waals surface area (Å²) < 4.78 is 1.88. The molecule has 2 nitrogen and oxygen atoms in total. The second-order valence-electron chi connectivity index (χ2n) is 2.48. The van der Waals surface area contributed by atoms with Crippen molar-refractivity contribution >= 4 is 42.8 Å². The standard InChI is InChI=1S/C8H5Br2NO/c9-4-1-5-7(12)3-11-8(5)6(10)2-4/h1-3,11-12H. The first-order valence-electron chi connectivity index (χ1n) is 3.33. The van der Waals surface area contributed by atoms with Crippen LogP contribution in [0.4, 0.5) is 0 Å². The summed E-state index contributed by atoms with van der Waals surface area (Å²) in [6.45, 7) is 0. The molecule has 12 heavy (non-hydrogen) atoms. The van der Waals surface area contributed by atoms with Crippen molar-refractivity contribution < 1.29 is 5.11 Å². The number of halogens is 2. The minimum Gasteiger partial charge on any atom is -0.506 e. The zero-order valence-electron chi connectivity index (χ0n) is 5.94. The molecule has 0 aliphatic rings. The number of rotatable bonds is 0. The van der Waals surface area contributed by atoms with Crippen LogP contribution in [0.25, 0.3) is 10.9 Å². The molecule has 4 heteroatoms. The maximum atomic E-state index is 9.39. The van der Waals surface area contributed by atoms with E-state index in [1.165, 1.54) is 0 Å². The van der Waals surface area contributed by atoms with E-state index in [1.54, 1.807) is 6.20 Å². The molecule has 0 unspecified atom stereocenters. The fraction of sp³-hybridized carbons (Fsp3) is 0. The van der Waals surface area contributed by atoms with Gasteiger partial charge in [0.15, 0.2) is 0 Å². The molecule has 0 spiro atoms. The van der Waals surface area contributed by atoms with Gasteiger partial charge in [-0.3, -0.25) is 0 Å². The molecule has 2 rings (SSSR count). The third-order valence-corrected chi connectivity index (χ3v) is 2.77. The molecular weight excluding hydrogens is 286 g/mol. The Morgan fingerprint density at radius 3 is 2.75 bits per heavy atom. The smallest absolute Gasteiger partial charge is 0.140 e. The summed E-state index contributed by atoms with van der Waals surface area (Å²) in [6, 6.07) is 3.80. The molecule has 0 aliphatic heterocycles. The van der Waals surface area contributed by atoms with Crippen LogP contribution in [0.15, 0.2) is 27.3 Å². The van der Waals surface area contributed by atoms with Crippen LogP contribution in [-0.4, -0.2) is 10.1 Å². The van der Waals surface area contributed by atoms with Crippen LogP contribution in [0.5, 0.6) is 5.75 Å². The monoisotopic (exact) mass is 289 g/mol. The third-order valence-electron chi connectivity index (χ3n) is 1.68. The Labute approximate surface area is 85.9 Å². The minimum atomic E-state index is 0.270. The highest BCUT2D eigenvalue weighted by molar-refractivity contribution is 9.11.